The lowest BCUT2D eigenvalue weighted by Crippen LogP contribution is -2.28. The van der Waals surface area contributed by atoms with E-state index in [1.165, 1.54) is 81.8 Å². The summed E-state index contributed by atoms with van der Waals surface area (Å²) in [5.41, 5.74) is 4.28. The molecule has 0 unspecified atom stereocenters. The van der Waals surface area contributed by atoms with Gasteiger partial charge in [0.15, 0.2) is 0 Å². The Morgan fingerprint density at radius 1 is 0.703 bits per heavy atom. The van der Waals surface area contributed by atoms with Gasteiger partial charge in [-0.25, -0.2) is 4.39 Å². The molecule has 2 aliphatic rings. The summed E-state index contributed by atoms with van der Waals surface area (Å²) in [6, 6.07) is 19.4. The van der Waals surface area contributed by atoms with Crippen LogP contribution in [0.25, 0.3) is 11.1 Å². The topological polar surface area (TPSA) is 0 Å². The van der Waals surface area contributed by atoms with Gasteiger partial charge in [0.2, 0.25) is 0 Å². The number of hydrogen-bond acceptors (Lipinski definition) is 0. The van der Waals surface area contributed by atoms with Gasteiger partial charge in [0.25, 0.3) is 0 Å². The van der Waals surface area contributed by atoms with E-state index in [9.17, 15) is 0 Å². The zero-order chi connectivity index (χ0) is 25.9. The first-order valence-electron chi connectivity index (χ1n) is 16.0. The molecule has 1 aliphatic heterocycles. The van der Waals surface area contributed by atoms with Crippen molar-refractivity contribution in [1.29, 1.82) is 0 Å². The van der Waals surface area contributed by atoms with Crippen LogP contribution < -0.4 is 0 Å². The van der Waals surface area contributed by atoms with E-state index in [0.717, 1.165) is 41.7 Å². The number of hydrogen-bond donors (Lipinski definition) is 0. The molecule has 4 rings (SSSR count). The van der Waals surface area contributed by atoms with Crippen molar-refractivity contribution in [2.24, 2.45) is 17.8 Å². The highest BCUT2D eigenvalue weighted by Crippen LogP contribution is 2.42. The Bertz CT molecular complexity index is 903. The van der Waals surface area contributed by atoms with Gasteiger partial charge in [-0.05, 0) is 79.0 Å². The van der Waals surface area contributed by atoms with E-state index >= 15 is 4.39 Å². The van der Waals surface area contributed by atoms with Crippen LogP contribution >= 0.6 is 0 Å². The first-order chi connectivity index (χ1) is 18.2. The highest BCUT2D eigenvalue weighted by molar-refractivity contribution is 6.58. The zero-order valence-electron chi connectivity index (χ0n) is 24.0. The molecule has 2 heteroatoms. The molecule has 0 spiro atoms. The molecular weight excluding hydrogens is 467 g/mol. The van der Waals surface area contributed by atoms with E-state index in [4.69, 9.17) is 0 Å². The number of rotatable bonds is 13. The van der Waals surface area contributed by atoms with Crippen LogP contribution in [0.3, 0.4) is 0 Å². The van der Waals surface area contributed by atoms with E-state index in [2.05, 4.69) is 44.2 Å². The second-order valence-electron chi connectivity index (χ2n) is 12.6. The number of unbranched alkanes of at least 4 members (excludes halogenated alkanes) is 4. The van der Waals surface area contributed by atoms with Gasteiger partial charge in [-0.1, -0.05) is 126 Å². The molecule has 1 saturated heterocycles. The highest BCUT2D eigenvalue weighted by Gasteiger charge is 2.31. The standard InChI is InChI=1S/C35H53FSi/c1-3-5-7-9-28-14-19-33(20-15-28)34-21-16-30(27-35(34)36)11-10-29-12-17-31(18-13-29)32-22-25-37(26-23-32)24-8-6-4-2/h14-16,19-21,27,29,31-32,37H,3-13,17-18,22-26H2,1-2H3. The average molecular weight is 521 g/mol. The summed E-state index contributed by atoms with van der Waals surface area (Å²) in [6.45, 7) is 4.57. The minimum Gasteiger partial charge on any atom is -0.206 e. The van der Waals surface area contributed by atoms with Crippen LogP contribution in [0.4, 0.5) is 4.39 Å². The van der Waals surface area contributed by atoms with Gasteiger partial charge in [0, 0.05) is 14.4 Å². The van der Waals surface area contributed by atoms with Crippen LogP contribution in [-0.2, 0) is 12.8 Å². The predicted molar refractivity (Wildman–Crippen MR) is 163 cm³/mol. The third kappa shape index (κ3) is 8.80. The SMILES string of the molecule is CCCCCc1ccc(-c2ccc(CCC3CCC(C4CC[SiH](CCCCC)CC4)CC3)cc2F)cc1. The van der Waals surface area contributed by atoms with Crippen LogP contribution in [-0.4, -0.2) is 8.80 Å². The van der Waals surface area contributed by atoms with E-state index in [1.54, 1.807) is 37.0 Å². The summed E-state index contributed by atoms with van der Waals surface area (Å²) in [5.74, 6) is 2.84. The first-order valence-corrected chi connectivity index (χ1v) is 18.5. The van der Waals surface area contributed by atoms with Gasteiger partial charge in [0.1, 0.15) is 5.82 Å². The number of benzene rings is 2. The fraction of sp³-hybridized carbons (Fsp3) is 0.657. The molecule has 2 fully saturated rings. The van der Waals surface area contributed by atoms with Crippen LogP contribution in [0, 0.1) is 23.6 Å². The third-order valence-electron chi connectivity index (χ3n) is 9.87. The van der Waals surface area contributed by atoms with Gasteiger partial charge in [0.05, 0.1) is 0 Å². The van der Waals surface area contributed by atoms with E-state index in [-0.39, 0.29) is 14.6 Å². The number of halogens is 1. The Hall–Kier alpha value is -1.41. The number of aryl methyl sites for hydroxylation is 2. The van der Waals surface area contributed by atoms with Gasteiger partial charge in [-0.15, -0.1) is 0 Å². The maximum Gasteiger partial charge on any atom is 0.131 e. The molecular formula is C35H53FSi. The Kier molecular flexibility index (Phi) is 11.8. The van der Waals surface area contributed by atoms with Crippen molar-refractivity contribution in [3.8, 4) is 11.1 Å². The van der Waals surface area contributed by atoms with E-state index in [1.807, 2.05) is 6.07 Å². The highest BCUT2D eigenvalue weighted by atomic mass is 28.3. The molecule has 1 heterocycles. The molecule has 0 N–H and O–H groups in total. The van der Waals surface area contributed by atoms with Crippen molar-refractivity contribution in [2.45, 2.75) is 128 Å². The van der Waals surface area contributed by atoms with Gasteiger partial charge in [-0.3, -0.25) is 0 Å². The van der Waals surface area contributed by atoms with Crippen molar-refractivity contribution in [3.63, 3.8) is 0 Å². The van der Waals surface area contributed by atoms with Crippen molar-refractivity contribution in [1.82, 2.24) is 0 Å². The molecule has 0 atom stereocenters. The van der Waals surface area contributed by atoms with Crippen molar-refractivity contribution >= 4 is 8.80 Å². The average Bonchev–Trinajstić information content (AvgIpc) is 2.93. The quantitative estimate of drug-likeness (QED) is 0.182. The lowest BCUT2D eigenvalue weighted by Gasteiger charge is -2.37. The summed E-state index contributed by atoms with van der Waals surface area (Å²) in [4.78, 5) is 0. The Morgan fingerprint density at radius 2 is 1.35 bits per heavy atom. The molecule has 0 amide bonds. The molecule has 0 radical (unpaired) electrons. The summed E-state index contributed by atoms with van der Waals surface area (Å²) >= 11 is 0. The molecule has 1 saturated carbocycles. The van der Waals surface area contributed by atoms with Gasteiger partial charge >= 0.3 is 0 Å². The van der Waals surface area contributed by atoms with Crippen LogP contribution in [0.1, 0.15) is 108 Å². The van der Waals surface area contributed by atoms with E-state index in [0.29, 0.717) is 0 Å². The Morgan fingerprint density at radius 3 is 2.03 bits per heavy atom. The molecule has 37 heavy (non-hydrogen) atoms. The second kappa shape index (κ2) is 15.2. The maximum atomic E-state index is 15.0. The normalized spacial score (nSPS) is 24.3. The largest absolute Gasteiger partial charge is 0.206 e. The van der Waals surface area contributed by atoms with Crippen molar-refractivity contribution < 1.29 is 4.39 Å². The Labute approximate surface area is 229 Å². The third-order valence-corrected chi connectivity index (χ3v) is 13.4. The van der Waals surface area contributed by atoms with Gasteiger partial charge in [-0.2, -0.15) is 0 Å². The zero-order valence-corrected chi connectivity index (χ0v) is 25.1. The molecule has 204 valence electrons. The van der Waals surface area contributed by atoms with Crippen molar-refractivity contribution in [2.75, 3.05) is 0 Å². The molecule has 2 aromatic carbocycles. The fourth-order valence-corrected chi connectivity index (χ4v) is 10.9. The summed E-state index contributed by atoms with van der Waals surface area (Å²) < 4.78 is 15.0. The lowest BCUT2D eigenvalue weighted by atomic mass is 9.73. The monoisotopic (exact) mass is 520 g/mol. The first kappa shape index (κ1) is 28.6. The smallest absolute Gasteiger partial charge is 0.131 e. The van der Waals surface area contributed by atoms with Crippen molar-refractivity contribution in [3.05, 3.63) is 59.4 Å². The molecule has 2 aromatic rings. The second-order valence-corrected chi connectivity index (χ2v) is 16.0. The lowest BCUT2D eigenvalue weighted by molar-refractivity contribution is 0.186. The summed E-state index contributed by atoms with van der Waals surface area (Å²) in [7, 11) is -0.376. The molecule has 0 aromatic heterocycles. The Balaban J connectivity index is 1.18. The molecule has 1 aliphatic carbocycles. The predicted octanol–water partition coefficient (Wildman–Crippen LogP) is 10.8. The van der Waals surface area contributed by atoms with Crippen LogP contribution in [0.15, 0.2) is 42.5 Å². The molecule has 0 bridgehead atoms. The minimum atomic E-state index is -0.376. The van der Waals surface area contributed by atoms with Crippen LogP contribution in [0.5, 0.6) is 0 Å². The minimum absolute atomic E-state index is 0.0613. The molecule has 0 nitrogen and oxygen atoms in total. The maximum absolute atomic E-state index is 15.0. The fourth-order valence-electron chi connectivity index (χ4n) is 7.33. The summed E-state index contributed by atoms with van der Waals surface area (Å²) in [5, 5.41) is 0. The van der Waals surface area contributed by atoms with Crippen LogP contribution in [0.2, 0.25) is 18.1 Å². The van der Waals surface area contributed by atoms with E-state index < -0.39 is 0 Å². The van der Waals surface area contributed by atoms with Gasteiger partial charge < -0.3 is 0 Å². The summed E-state index contributed by atoms with van der Waals surface area (Å²) in [6.07, 6.45) is 20.3.